The number of hydrogen-bond donors (Lipinski definition) is 1. The normalized spacial score (nSPS) is 10.8. The average molecular weight is 276 g/mol. The van der Waals surface area contributed by atoms with Crippen molar-refractivity contribution in [2.45, 2.75) is 6.42 Å². The molecular formula is C15H20N2O3. The second kappa shape index (κ2) is 7.67. The Morgan fingerprint density at radius 1 is 1.10 bits per heavy atom. The minimum absolute atomic E-state index is 0.480. The molecule has 0 unspecified atom stereocenters. The quantitative estimate of drug-likeness (QED) is 0.591. The van der Waals surface area contributed by atoms with Crippen molar-refractivity contribution in [1.29, 1.82) is 0 Å². The molecule has 0 saturated heterocycles. The molecule has 0 atom stereocenters. The first-order valence-corrected chi connectivity index (χ1v) is 6.64. The van der Waals surface area contributed by atoms with Crippen LogP contribution < -0.4 is 10.5 Å². The van der Waals surface area contributed by atoms with E-state index in [4.69, 9.17) is 19.9 Å². The van der Waals surface area contributed by atoms with Crippen LogP contribution in [0, 0.1) is 0 Å². The van der Waals surface area contributed by atoms with Crippen LogP contribution in [0.5, 0.6) is 5.75 Å². The number of aromatic nitrogens is 1. The number of methoxy groups -OCH3 is 1. The van der Waals surface area contributed by atoms with E-state index < -0.39 is 0 Å². The van der Waals surface area contributed by atoms with Crippen LogP contribution >= 0.6 is 0 Å². The number of nitrogens with two attached hydrogens (primary N) is 1. The molecule has 0 amide bonds. The highest BCUT2D eigenvalue weighted by Crippen LogP contribution is 2.29. The van der Waals surface area contributed by atoms with Crippen LogP contribution in [0.3, 0.4) is 0 Å². The second-order valence-electron chi connectivity index (χ2n) is 4.38. The summed E-state index contributed by atoms with van der Waals surface area (Å²) in [5, 5.41) is 1.96. The third kappa shape index (κ3) is 3.82. The molecule has 0 saturated carbocycles. The number of hydrogen-bond acceptors (Lipinski definition) is 5. The summed E-state index contributed by atoms with van der Waals surface area (Å²) < 4.78 is 16.0. The van der Waals surface area contributed by atoms with Crippen molar-refractivity contribution < 1.29 is 14.2 Å². The smallest absolute Gasteiger partial charge is 0.142 e. The Balaban J connectivity index is 1.83. The van der Waals surface area contributed by atoms with Gasteiger partial charge in [0.1, 0.15) is 12.4 Å². The van der Waals surface area contributed by atoms with Crippen LogP contribution in [0.4, 0.5) is 5.69 Å². The zero-order valence-corrected chi connectivity index (χ0v) is 11.7. The summed E-state index contributed by atoms with van der Waals surface area (Å²) in [6.45, 7) is 2.41. The summed E-state index contributed by atoms with van der Waals surface area (Å²) in [4.78, 5) is 4.07. The van der Waals surface area contributed by atoms with Crippen LogP contribution in [-0.4, -0.2) is 38.5 Å². The highest BCUT2D eigenvalue weighted by Gasteiger charge is 2.05. The number of rotatable bonds is 8. The highest BCUT2D eigenvalue weighted by atomic mass is 16.5. The van der Waals surface area contributed by atoms with Crippen molar-refractivity contribution in [1.82, 2.24) is 4.98 Å². The van der Waals surface area contributed by atoms with E-state index in [0.29, 0.717) is 37.9 Å². The minimum Gasteiger partial charge on any atom is -0.489 e. The highest BCUT2D eigenvalue weighted by molar-refractivity contribution is 5.95. The first-order chi connectivity index (χ1) is 9.83. The summed E-state index contributed by atoms with van der Waals surface area (Å²) in [7, 11) is 1.68. The maximum atomic E-state index is 6.09. The van der Waals surface area contributed by atoms with E-state index in [1.54, 1.807) is 19.5 Å². The topological polar surface area (TPSA) is 66.6 Å². The predicted octanol–water partition coefficient (Wildman–Crippen LogP) is 2.25. The van der Waals surface area contributed by atoms with Crippen molar-refractivity contribution in [2.75, 3.05) is 39.3 Å². The van der Waals surface area contributed by atoms with Gasteiger partial charge in [-0.05, 0) is 24.6 Å². The van der Waals surface area contributed by atoms with Gasteiger partial charge in [0.2, 0.25) is 0 Å². The van der Waals surface area contributed by atoms with Gasteiger partial charge in [0.15, 0.2) is 0 Å². The first-order valence-electron chi connectivity index (χ1n) is 6.64. The van der Waals surface area contributed by atoms with Crippen LogP contribution in [0.15, 0.2) is 30.6 Å². The molecule has 0 aliphatic rings. The fourth-order valence-electron chi connectivity index (χ4n) is 1.92. The van der Waals surface area contributed by atoms with Crippen molar-refractivity contribution in [3.8, 4) is 5.75 Å². The average Bonchev–Trinajstić information content (AvgIpc) is 2.49. The van der Waals surface area contributed by atoms with E-state index in [0.717, 1.165) is 17.2 Å². The molecule has 1 aromatic heterocycles. The molecule has 0 spiro atoms. The summed E-state index contributed by atoms with van der Waals surface area (Å²) in [5.74, 6) is 0.684. The van der Waals surface area contributed by atoms with Gasteiger partial charge in [-0.15, -0.1) is 0 Å². The van der Waals surface area contributed by atoms with Gasteiger partial charge in [0, 0.05) is 43.5 Å². The van der Waals surface area contributed by atoms with Crippen molar-refractivity contribution >= 4 is 16.5 Å². The molecule has 0 radical (unpaired) electrons. The number of ether oxygens (including phenoxy) is 3. The lowest BCUT2D eigenvalue weighted by Crippen LogP contribution is -2.09. The Hall–Kier alpha value is -1.85. The summed E-state index contributed by atoms with van der Waals surface area (Å²) >= 11 is 0. The number of benzene rings is 1. The number of fused-ring (bicyclic) bond motifs is 1. The minimum atomic E-state index is 0.480. The molecule has 5 heteroatoms. The Morgan fingerprint density at radius 2 is 2.00 bits per heavy atom. The standard InChI is InChI=1S/C15H20N2O3/c1-18-7-2-8-19-9-10-20-14-4-3-12-11-17-6-5-13(12)15(14)16/h3-6,11H,2,7-10,16H2,1H3. The molecule has 0 aliphatic carbocycles. The van der Waals surface area contributed by atoms with Gasteiger partial charge in [-0.2, -0.15) is 0 Å². The Labute approximate surface area is 118 Å². The van der Waals surface area contributed by atoms with E-state index in [1.165, 1.54) is 0 Å². The molecule has 108 valence electrons. The van der Waals surface area contributed by atoms with Crippen molar-refractivity contribution in [3.63, 3.8) is 0 Å². The van der Waals surface area contributed by atoms with Crippen molar-refractivity contribution in [2.24, 2.45) is 0 Å². The fraction of sp³-hybridized carbons (Fsp3) is 0.400. The molecule has 0 bridgehead atoms. The SMILES string of the molecule is COCCCOCCOc1ccc2cnccc2c1N. The number of pyridine rings is 1. The van der Waals surface area contributed by atoms with Crippen molar-refractivity contribution in [3.05, 3.63) is 30.6 Å². The van der Waals surface area contributed by atoms with Crippen LogP contribution in [0.2, 0.25) is 0 Å². The monoisotopic (exact) mass is 276 g/mol. The second-order valence-corrected chi connectivity index (χ2v) is 4.38. The molecule has 2 N–H and O–H groups in total. The zero-order chi connectivity index (χ0) is 14.2. The molecule has 2 rings (SSSR count). The molecule has 2 aromatic rings. The lowest BCUT2D eigenvalue weighted by atomic mass is 10.1. The molecule has 0 aliphatic heterocycles. The number of anilines is 1. The molecule has 5 nitrogen and oxygen atoms in total. The van der Waals surface area contributed by atoms with Crippen LogP contribution in [0.1, 0.15) is 6.42 Å². The van der Waals surface area contributed by atoms with Gasteiger partial charge < -0.3 is 19.9 Å². The number of nitrogens with zero attached hydrogens (tertiary/aromatic N) is 1. The van der Waals surface area contributed by atoms with Crippen LogP contribution in [0.25, 0.3) is 10.8 Å². The third-order valence-corrected chi connectivity index (χ3v) is 2.94. The Morgan fingerprint density at radius 3 is 2.85 bits per heavy atom. The van der Waals surface area contributed by atoms with E-state index in [9.17, 15) is 0 Å². The van der Waals surface area contributed by atoms with E-state index >= 15 is 0 Å². The zero-order valence-electron chi connectivity index (χ0n) is 11.7. The van der Waals surface area contributed by atoms with Crippen LogP contribution in [-0.2, 0) is 9.47 Å². The molecule has 20 heavy (non-hydrogen) atoms. The van der Waals surface area contributed by atoms with Gasteiger partial charge in [-0.25, -0.2) is 0 Å². The summed E-state index contributed by atoms with van der Waals surface area (Å²) in [6, 6.07) is 5.70. The Bertz CT molecular complexity index is 546. The summed E-state index contributed by atoms with van der Waals surface area (Å²) in [5.41, 5.74) is 6.73. The summed E-state index contributed by atoms with van der Waals surface area (Å²) in [6.07, 6.45) is 4.40. The lowest BCUT2D eigenvalue weighted by molar-refractivity contribution is 0.0808. The maximum Gasteiger partial charge on any atom is 0.142 e. The van der Waals surface area contributed by atoms with Gasteiger partial charge in [-0.1, -0.05) is 0 Å². The fourth-order valence-corrected chi connectivity index (χ4v) is 1.92. The van der Waals surface area contributed by atoms with E-state index in [1.807, 2.05) is 18.2 Å². The van der Waals surface area contributed by atoms with E-state index in [2.05, 4.69) is 4.98 Å². The van der Waals surface area contributed by atoms with Gasteiger partial charge in [-0.3, -0.25) is 4.98 Å². The largest absolute Gasteiger partial charge is 0.489 e. The van der Waals surface area contributed by atoms with Gasteiger partial charge >= 0.3 is 0 Å². The lowest BCUT2D eigenvalue weighted by Gasteiger charge is -2.11. The Kier molecular flexibility index (Phi) is 5.58. The third-order valence-electron chi connectivity index (χ3n) is 2.94. The van der Waals surface area contributed by atoms with Gasteiger partial charge in [0.05, 0.1) is 12.3 Å². The molecular weight excluding hydrogens is 256 g/mol. The molecule has 1 heterocycles. The maximum absolute atomic E-state index is 6.09. The molecule has 1 aromatic carbocycles. The first kappa shape index (κ1) is 14.6. The predicted molar refractivity (Wildman–Crippen MR) is 79.0 cm³/mol. The van der Waals surface area contributed by atoms with E-state index in [-0.39, 0.29) is 0 Å². The number of nitrogen functional groups attached to an aromatic ring is 1. The molecule has 0 fully saturated rings. The van der Waals surface area contributed by atoms with Gasteiger partial charge in [0.25, 0.3) is 0 Å².